The number of allylic oxidation sites excluding steroid dienone is 2. The van der Waals surface area contributed by atoms with Gasteiger partial charge >= 0.3 is 5.97 Å². The van der Waals surface area contributed by atoms with Gasteiger partial charge < -0.3 is 14.2 Å². The van der Waals surface area contributed by atoms with Gasteiger partial charge in [0.2, 0.25) is 0 Å². The van der Waals surface area contributed by atoms with Crippen molar-refractivity contribution in [2.75, 3.05) is 6.61 Å². The minimum Gasteiger partial charge on any atom is -0.459 e. The zero-order valence-corrected chi connectivity index (χ0v) is 15.2. The van der Waals surface area contributed by atoms with Crippen LogP contribution < -0.4 is 0 Å². The molecule has 4 heteroatoms. The van der Waals surface area contributed by atoms with Crippen molar-refractivity contribution in [2.45, 2.75) is 71.9 Å². The van der Waals surface area contributed by atoms with Crippen LogP contribution in [0.2, 0.25) is 0 Å². The largest absolute Gasteiger partial charge is 0.459 e. The van der Waals surface area contributed by atoms with E-state index in [1.807, 2.05) is 20.8 Å². The summed E-state index contributed by atoms with van der Waals surface area (Å²) in [5.41, 5.74) is 0.769. The molecule has 0 radical (unpaired) electrons. The highest BCUT2D eigenvalue weighted by Gasteiger charge is 2.54. The zero-order valence-electron chi connectivity index (χ0n) is 15.2. The second kappa shape index (κ2) is 5.59. The number of ether oxygens (including phenoxy) is 3. The fraction of sp³-hybridized carbons (Fsp3) is 0.842. The summed E-state index contributed by atoms with van der Waals surface area (Å²) in [6.07, 6.45) is 3.89. The van der Waals surface area contributed by atoms with Gasteiger partial charge in [-0.15, -0.1) is 0 Å². The molecule has 2 aliphatic heterocycles. The van der Waals surface area contributed by atoms with Gasteiger partial charge in [0, 0.05) is 0 Å². The third-order valence-corrected chi connectivity index (χ3v) is 5.91. The van der Waals surface area contributed by atoms with Crippen molar-refractivity contribution in [1.82, 2.24) is 0 Å². The first-order valence-electron chi connectivity index (χ1n) is 8.84. The van der Waals surface area contributed by atoms with E-state index in [9.17, 15) is 4.79 Å². The maximum atomic E-state index is 12.8. The molecule has 0 aromatic rings. The summed E-state index contributed by atoms with van der Waals surface area (Å²) in [4.78, 5) is 12.8. The molecule has 0 spiro atoms. The maximum absolute atomic E-state index is 12.8. The number of rotatable bonds is 2. The Morgan fingerprint density at radius 2 is 1.96 bits per heavy atom. The average Bonchev–Trinajstić information content (AvgIpc) is 2.74. The van der Waals surface area contributed by atoms with Gasteiger partial charge in [0.1, 0.15) is 11.7 Å². The monoisotopic (exact) mass is 322 g/mol. The van der Waals surface area contributed by atoms with Crippen molar-refractivity contribution in [2.24, 2.45) is 23.7 Å². The van der Waals surface area contributed by atoms with Crippen LogP contribution in [0.25, 0.3) is 0 Å². The molecule has 0 aromatic heterocycles. The summed E-state index contributed by atoms with van der Waals surface area (Å²) in [5.74, 6) is 0.461. The Kier molecular flexibility index (Phi) is 4.13. The van der Waals surface area contributed by atoms with Gasteiger partial charge in [0.25, 0.3) is 0 Å². The molecular formula is C19H30O4. The van der Waals surface area contributed by atoms with Crippen LogP contribution in [0.3, 0.4) is 0 Å². The van der Waals surface area contributed by atoms with Crippen LogP contribution in [0.15, 0.2) is 11.6 Å². The van der Waals surface area contributed by atoms with Gasteiger partial charge in [0.15, 0.2) is 5.79 Å². The first-order valence-corrected chi connectivity index (χ1v) is 8.84. The SMILES string of the molecule is CC1=CC[C@@H](C(C)C)[C@@H]2C(=O)O[C@H]([C@]3(C)COC(C)(C)O3)C[C@@H]12. The molecular weight excluding hydrogens is 292 g/mol. The molecule has 5 atom stereocenters. The molecule has 0 saturated carbocycles. The normalized spacial score (nSPS) is 43.1. The Morgan fingerprint density at radius 3 is 2.52 bits per heavy atom. The molecule has 0 N–H and O–H groups in total. The summed E-state index contributed by atoms with van der Waals surface area (Å²) < 4.78 is 17.7. The van der Waals surface area contributed by atoms with E-state index in [0.29, 0.717) is 18.4 Å². The third kappa shape index (κ3) is 2.96. The molecule has 3 rings (SSSR count). The van der Waals surface area contributed by atoms with Crippen LogP contribution >= 0.6 is 0 Å². The van der Waals surface area contributed by atoms with Crippen LogP contribution in [0.5, 0.6) is 0 Å². The number of esters is 1. The van der Waals surface area contributed by atoms with Gasteiger partial charge in [-0.3, -0.25) is 4.79 Å². The Bertz CT molecular complexity index is 521. The topological polar surface area (TPSA) is 44.8 Å². The fourth-order valence-corrected chi connectivity index (χ4v) is 4.53. The second-order valence-corrected chi connectivity index (χ2v) is 8.49. The molecule has 2 fully saturated rings. The molecule has 0 bridgehead atoms. The predicted molar refractivity (Wildman–Crippen MR) is 87.7 cm³/mol. The Balaban J connectivity index is 1.84. The number of hydrogen-bond acceptors (Lipinski definition) is 4. The lowest BCUT2D eigenvalue weighted by molar-refractivity contribution is -0.209. The summed E-state index contributed by atoms with van der Waals surface area (Å²) in [6, 6.07) is 0. The van der Waals surface area contributed by atoms with E-state index >= 15 is 0 Å². The van der Waals surface area contributed by atoms with Crippen LogP contribution in [0.4, 0.5) is 0 Å². The first kappa shape index (κ1) is 17.0. The van der Waals surface area contributed by atoms with Crippen LogP contribution in [-0.2, 0) is 19.0 Å². The van der Waals surface area contributed by atoms with E-state index < -0.39 is 11.4 Å². The van der Waals surface area contributed by atoms with Crippen LogP contribution in [0, 0.1) is 23.7 Å². The summed E-state index contributed by atoms with van der Waals surface area (Å²) in [5, 5.41) is 0. The van der Waals surface area contributed by atoms with Gasteiger partial charge in [0.05, 0.1) is 12.5 Å². The molecule has 1 aliphatic carbocycles. The molecule has 2 heterocycles. The van der Waals surface area contributed by atoms with Gasteiger partial charge in [-0.1, -0.05) is 25.5 Å². The average molecular weight is 322 g/mol. The molecule has 2 saturated heterocycles. The van der Waals surface area contributed by atoms with E-state index in [2.05, 4.69) is 26.8 Å². The molecule has 4 nitrogen and oxygen atoms in total. The Labute approximate surface area is 139 Å². The molecule has 130 valence electrons. The smallest absolute Gasteiger partial charge is 0.310 e. The minimum atomic E-state index is -0.615. The first-order chi connectivity index (χ1) is 10.6. The van der Waals surface area contributed by atoms with Crippen molar-refractivity contribution in [1.29, 1.82) is 0 Å². The maximum Gasteiger partial charge on any atom is 0.310 e. The third-order valence-electron chi connectivity index (χ3n) is 5.91. The highest BCUT2D eigenvalue weighted by atomic mass is 16.8. The van der Waals surface area contributed by atoms with E-state index in [4.69, 9.17) is 14.2 Å². The Hall–Kier alpha value is -0.870. The van der Waals surface area contributed by atoms with E-state index in [1.54, 1.807) is 0 Å². The Morgan fingerprint density at radius 1 is 1.26 bits per heavy atom. The summed E-state index contributed by atoms with van der Waals surface area (Å²) >= 11 is 0. The van der Waals surface area contributed by atoms with Gasteiger partial charge in [-0.25, -0.2) is 0 Å². The van der Waals surface area contributed by atoms with Crippen LogP contribution in [0.1, 0.15) is 54.4 Å². The number of carbonyl (C=O) groups is 1. The van der Waals surface area contributed by atoms with Crippen molar-refractivity contribution in [3.63, 3.8) is 0 Å². The zero-order chi connectivity index (χ0) is 17.0. The molecule has 0 aromatic carbocycles. The lowest BCUT2D eigenvalue weighted by Crippen LogP contribution is -2.54. The molecule has 3 aliphatic rings. The van der Waals surface area contributed by atoms with Gasteiger partial charge in [-0.05, 0) is 58.3 Å². The lowest BCUT2D eigenvalue weighted by atomic mass is 9.65. The van der Waals surface area contributed by atoms with Crippen molar-refractivity contribution < 1.29 is 19.0 Å². The van der Waals surface area contributed by atoms with Crippen molar-refractivity contribution in [3.8, 4) is 0 Å². The quantitative estimate of drug-likeness (QED) is 0.574. The van der Waals surface area contributed by atoms with Crippen molar-refractivity contribution in [3.05, 3.63) is 11.6 Å². The molecule has 0 amide bonds. The number of fused-ring (bicyclic) bond motifs is 1. The van der Waals surface area contributed by atoms with E-state index in [-0.39, 0.29) is 23.9 Å². The number of carbonyl (C=O) groups excluding carboxylic acids is 1. The number of cyclic esters (lactones) is 1. The van der Waals surface area contributed by atoms with Gasteiger partial charge in [-0.2, -0.15) is 0 Å². The highest BCUT2D eigenvalue weighted by Crippen LogP contribution is 2.48. The summed E-state index contributed by atoms with van der Waals surface area (Å²) in [7, 11) is 0. The lowest BCUT2D eigenvalue weighted by Gasteiger charge is -2.46. The standard InChI is InChI=1S/C19H30O4/c1-11(2)13-8-7-12(3)14-9-15(22-17(20)16(13)14)19(6)10-21-18(4,5)23-19/h7,11,13-16H,8-10H2,1-6H3/t13-,14-,15-,16-,19-/m0/s1. The minimum absolute atomic E-state index is 0.00446. The van der Waals surface area contributed by atoms with E-state index in [1.165, 1.54) is 5.57 Å². The van der Waals surface area contributed by atoms with E-state index in [0.717, 1.165) is 12.8 Å². The molecule has 23 heavy (non-hydrogen) atoms. The predicted octanol–water partition coefficient (Wildman–Crippen LogP) is 3.70. The fourth-order valence-electron chi connectivity index (χ4n) is 4.53. The highest BCUT2D eigenvalue weighted by molar-refractivity contribution is 5.75. The van der Waals surface area contributed by atoms with Crippen LogP contribution in [-0.4, -0.2) is 30.1 Å². The number of hydrogen-bond donors (Lipinski definition) is 0. The summed E-state index contributed by atoms with van der Waals surface area (Å²) in [6.45, 7) is 12.8. The molecule has 0 unspecified atom stereocenters. The van der Waals surface area contributed by atoms with Crippen molar-refractivity contribution >= 4 is 5.97 Å². The second-order valence-electron chi connectivity index (χ2n) is 8.49.